The van der Waals surface area contributed by atoms with Gasteiger partial charge in [0.15, 0.2) is 0 Å². The Bertz CT molecular complexity index is 387. The summed E-state index contributed by atoms with van der Waals surface area (Å²) in [5.41, 5.74) is 3.40. The molecule has 0 saturated carbocycles. The summed E-state index contributed by atoms with van der Waals surface area (Å²) in [6.45, 7) is 2.02. The minimum Gasteiger partial charge on any atom is -0.480 e. The largest absolute Gasteiger partial charge is 0.480 e. The second kappa shape index (κ2) is 3.01. The molecule has 0 amide bonds. The molecule has 74 valence electrons. The van der Waals surface area contributed by atoms with Gasteiger partial charge < -0.3 is 10.0 Å². The average molecular weight is 191 g/mol. The molecule has 0 fully saturated rings. The Morgan fingerprint density at radius 2 is 2.29 bits per heavy atom. The molecule has 3 nitrogen and oxygen atoms in total. The maximum absolute atomic E-state index is 11.0. The van der Waals surface area contributed by atoms with Crippen LogP contribution in [0.15, 0.2) is 18.2 Å². The monoisotopic (exact) mass is 191 g/mol. The highest BCUT2D eigenvalue weighted by Gasteiger charge is 2.32. The van der Waals surface area contributed by atoms with E-state index in [9.17, 15) is 4.79 Å². The van der Waals surface area contributed by atoms with Gasteiger partial charge in [-0.2, -0.15) is 0 Å². The van der Waals surface area contributed by atoms with Crippen LogP contribution >= 0.6 is 0 Å². The zero-order chi connectivity index (χ0) is 10.3. The molecule has 1 heterocycles. The fraction of sp³-hybridized carbons (Fsp3) is 0.364. The Balaban J connectivity index is 2.45. The molecule has 1 unspecified atom stereocenters. The van der Waals surface area contributed by atoms with Gasteiger partial charge in [-0.25, -0.2) is 4.79 Å². The third kappa shape index (κ3) is 1.16. The Morgan fingerprint density at radius 3 is 2.86 bits per heavy atom. The van der Waals surface area contributed by atoms with E-state index in [-0.39, 0.29) is 0 Å². The minimum atomic E-state index is -0.747. The molecule has 0 aromatic heterocycles. The number of carbonyl (C=O) groups is 1. The molecule has 1 aromatic carbocycles. The highest BCUT2D eigenvalue weighted by molar-refractivity contribution is 5.82. The van der Waals surface area contributed by atoms with Gasteiger partial charge in [-0.05, 0) is 24.1 Å². The van der Waals surface area contributed by atoms with Crippen LogP contribution in [-0.2, 0) is 11.2 Å². The van der Waals surface area contributed by atoms with Crippen LogP contribution in [0.2, 0.25) is 0 Å². The average Bonchev–Trinajstić information content (AvgIpc) is 2.46. The number of fused-ring (bicyclic) bond motifs is 1. The van der Waals surface area contributed by atoms with Crippen molar-refractivity contribution < 1.29 is 9.90 Å². The molecular weight excluding hydrogens is 178 g/mol. The van der Waals surface area contributed by atoms with Gasteiger partial charge in [-0.3, -0.25) is 0 Å². The highest BCUT2D eigenvalue weighted by atomic mass is 16.4. The van der Waals surface area contributed by atoms with Crippen LogP contribution in [0.4, 0.5) is 5.69 Å². The number of aryl methyl sites for hydroxylation is 1. The molecule has 1 atom stereocenters. The molecule has 0 bridgehead atoms. The fourth-order valence-electron chi connectivity index (χ4n) is 2.03. The van der Waals surface area contributed by atoms with Crippen molar-refractivity contribution in [3.8, 4) is 0 Å². The summed E-state index contributed by atoms with van der Waals surface area (Å²) in [4.78, 5) is 12.8. The van der Waals surface area contributed by atoms with Gasteiger partial charge in [0, 0.05) is 19.2 Å². The van der Waals surface area contributed by atoms with Crippen LogP contribution in [0.25, 0.3) is 0 Å². The second-order valence-electron chi connectivity index (χ2n) is 3.74. The Kier molecular flexibility index (Phi) is 1.95. The lowest BCUT2D eigenvalue weighted by atomic mass is 10.0. The van der Waals surface area contributed by atoms with Crippen LogP contribution in [0.3, 0.4) is 0 Å². The zero-order valence-corrected chi connectivity index (χ0v) is 8.32. The van der Waals surface area contributed by atoms with Crippen molar-refractivity contribution in [2.24, 2.45) is 0 Å². The molecule has 0 saturated heterocycles. The number of benzene rings is 1. The molecule has 1 aliphatic rings. The summed E-state index contributed by atoms with van der Waals surface area (Å²) >= 11 is 0. The van der Waals surface area contributed by atoms with Gasteiger partial charge in [-0.1, -0.05) is 12.1 Å². The van der Waals surface area contributed by atoms with Gasteiger partial charge in [0.25, 0.3) is 0 Å². The molecule has 1 aromatic rings. The molecule has 1 N–H and O–H groups in total. The molecule has 0 aliphatic carbocycles. The Hall–Kier alpha value is -1.51. The Morgan fingerprint density at radius 1 is 1.57 bits per heavy atom. The number of nitrogens with zero attached hydrogens (tertiary/aromatic N) is 1. The van der Waals surface area contributed by atoms with Gasteiger partial charge in [0.1, 0.15) is 6.04 Å². The summed E-state index contributed by atoms with van der Waals surface area (Å²) < 4.78 is 0. The van der Waals surface area contributed by atoms with E-state index < -0.39 is 12.0 Å². The lowest BCUT2D eigenvalue weighted by Crippen LogP contribution is -2.35. The topological polar surface area (TPSA) is 40.5 Å². The Labute approximate surface area is 83.0 Å². The lowest BCUT2D eigenvalue weighted by Gasteiger charge is -2.18. The van der Waals surface area contributed by atoms with Crippen molar-refractivity contribution in [1.29, 1.82) is 0 Å². The zero-order valence-electron chi connectivity index (χ0n) is 8.32. The van der Waals surface area contributed by atoms with Gasteiger partial charge in [-0.15, -0.1) is 0 Å². The molecule has 0 radical (unpaired) electrons. The van der Waals surface area contributed by atoms with Crippen molar-refractivity contribution in [2.75, 3.05) is 11.9 Å². The number of hydrogen-bond donors (Lipinski definition) is 1. The quantitative estimate of drug-likeness (QED) is 0.730. The molecule has 0 spiro atoms. The number of anilines is 1. The SMILES string of the molecule is Cc1cccc2c1CC(C(=O)O)N2C. The summed E-state index contributed by atoms with van der Waals surface area (Å²) in [6, 6.07) is 5.57. The number of carboxylic acid groups (broad SMARTS) is 1. The molecule has 2 rings (SSSR count). The van der Waals surface area contributed by atoms with Gasteiger partial charge in [0.2, 0.25) is 0 Å². The van der Waals surface area contributed by atoms with Gasteiger partial charge in [0.05, 0.1) is 0 Å². The van der Waals surface area contributed by atoms with E-state index in [0.717, 1.165) is 5.69 Å². The molecular formula is C11H13NO2. The first kappa shape index (κ1) is 9.06. The second-order valence-corrected chi connectivity index (χ2v) is 3.74. The van der Waals surface area contributed by atoms with Crippen molar-refractivity contribution in [2.45, 2.75) is 19.4 Å². The van der Waals surface area contributed by atoms with Crippen molar-refractivity contribution in [3.05, 3.63) is 29.3 Å². The van der Waals surface area contributed by atoms with Gasteiger partial charge >= 0.3 is 5.97 Å². The number of rotatable bonds is 1. The molecule has 3 heteroatoms. The first-order valence-corrected chi connectivity index (χ1v) is 4.65. The minimum absolute atomic E-state index is 0.397. The van der Waals surface area contributed by atoms with Crippen LogP contribution in [0.5, 0.6) is 0 Å². The highest BCUT2D eigenvalue weighted by Crippen LogP contribution is 2.32. The first-order chi connectivity index (χ1) is 6.61. The maximum atomic E-state index is 11.0. The third-order valence-electron chi connectivity index (χ3n) is 2.92. The number of likely N-dealkylation sites (N-methyl/N-ethyl adjacent to an activating group) is 1. The smallest absolute Gasteiger partial charge is 0.326 e. The normalized spacial score (nSPS) is 19.6. The summed E-state index contributed by atoms with van der Waals surface area (Å²) in [5, 5.41) is 9.01. The van der Waals surface area contributed by atoms with Crippen molar-refractivity contribution in [1.82, 2.24) is 0 Å². The third-order valence-corrected chi connectivity index (χ3v) is 2.92. The predicted octanol–water partition coefficient (Wildman–Crippen LogP) is 1.44. The number of aliphatic carboxylic acids is 1. The van der Waals surface area contributed by atoms with E-state index in [4.69, 9.17) is 5.11 Å². The van der Waals surface area contributed by atoms with Crippen LogP contribution in [-0.4, -0.2) is 24.2 Å². The lowest BCUT2D eigenvalue weighted by molar-refractivity contribution is -0.138. The van der Waals surface area contributed by atoms with Crippen LogP contribution in [0, 0.1) is 6.92 Å². The standard InChI is InChI=1S/C11H13NO2/c1-7-4-3-5-9-8(7)6-10(11(13)14)12(9)2/h3-5,10H,6H2,1-2H3,(H,13,14). The van der Waals surface area contributed by atoms with E-state index in [1.165, 1.54) is 11.1 Å². The molecule has 14 heavy (non-hydrogen) atoms. The maximum Gasteiger partial charge on any atom is 0.326 e. The van der Waals surface area contributed by atoms with Crippen molar-refractivity contribution in [3.63, 3.8) is 0 Å². The first-order valence-electron chi connectivity index (χ1n) is 4.65. The predicted molar refractivity (Wildman–Crippen MR) is 54.7 cm³/mol. The van der Waals surface area contributed by atoms with E-state index in [0.29, 0.717) is 6.42 Å². The van der Waals surface area contributed by atoms with E-state index in [1.54, 1.807) is 0 Å². The summed E-state index contributed by atoms with van der Waals surface area (Å²) in [5.74, 6) is -0.747. The summed E-state index contributed by atoms with van der Waals surface area (Å²) in [7, 11) is 1.84. The number of carboxylic acids is 1. The number of hydrogen-bond acceptors (Lipinski definition) is 2. The van der Waals surface area contributed by atoms with Crippen LogP contribution in [0.1, 0.15) is 11.1 Å². The van der Waals surface area contributed by atoms with E-state index >= 15 is 0 Å². The van der Waals surface area contributed by atoms with Crippen molar-refractivity contribution >= 4 is 11.7 Å². The van der Waals surface area contributed by atoms with E-state index in [1.807, 2.05) is 37.1 Å². The summed E-state index contributed by atoms with van der Waals surface area (Å²) in [6.07, 6.45) is 0.619. The van der Waals surface area contributed by atoms with Crippen LogP contribution < -0.4 is 4.90 Å². The fourth-order valence-corrected chi connectivity index (χ4v) is 2.03. The van der Waals surface area contributed by atoms with E-state index in [2.05, 4.69) is 0 Å². The molecule has 1 aliphatic heterocycles.